The van der Waals surface area contributed by atoms with Crippen molar-refractivity contribution in [2.45, 2.75) is 66.5 Å². The fourth-order valence-electron chi connectivity index (χ4n) is 2.98. The Labute approximate surface area is 113 Å². The van der Waals surface area contributed by atoms with E-state index in [4.69, 9.17) is 4.99 Å². The minimum absolute atomic E-state index is 0.0866. The van der Waals surface area contributed by atoms with Crippen LogP contribution in [0.5, 0.6) is 0 Å². The molecule has 1 aliphatic heterocycles. The van der Waals surface area contributed by atoms with Gasteiger partial charge < -0.3 is 10.6 Å². The van der Waals surface area contributed by atoms with E-state index in [1.54, 1.807) is 0 Å². The number of nitrogens with one attached hydrogen (secondary N) is 2. The predicted octanol–water partition coefficient (Wildman–Crippen LogP) is 2.82. The van der Waals surface area contributed by atoms with Crippen LogP contribution in [0.1, 0.15) is 54.9 Å². The highest BCUT2D eigenvalue weighted by molar-refractivity contribution is 5.88. The molecule has 2 N–H and O–H groups in total. The molecule has 0 saturated heterocycles. The summed E-state index contributed by atoms with van der Waals surface area (Å²) in [7, 11) is 0. The molecule has 0 bridgehead atoms. The molecule has 1 rings (SSSR count). The highest BCUT2D eigenvalue weighted by Gasteiger charge is 2.30. The minimum atomic E-state index is 0.0866. The molecule has 0 aromatic carbocycles. The Morgan fingerprint density at radius 3 is 2.39 bits per heavy atom. The van der Waals surface area contributed by atoms with Gasteiger partial charge in [-0.05, 0) is 31.6 Å². The third kappa shape index (κ3) is 4.97. The first-order valence-corrected chi connectivity index (χ1v) is 7.17. The van der Waals surface area contributed by atoms with Gasteiger partial charge in [-0.2, -0.15) is 0 Å². The molecule has 0 saturated carbocycles. The first kappa shape index (κ1) is 15.5. The average molecular weight is 253 g/mol. The maximum Gasteiger partial charge on any atom is 0.114 e. The highest BCUT2D eigenvalue weighted by Crippen LogP contribution is 2.27. The first-order valence-electron chi connectivity index (χ1n) is 7.17. The van der Waals surface area contributed by atoms with Crippen molar-refractivity contribution in [1.82, 2.24) is 10.6 Å². The zero-order valence-electron chi connectivity index (χ0n) is 13.2. The molecule has 0 aliphatic carbocycles. The van der Waals surface area contributed by atoms with Crippen LogP contribution in [0.15, 0.2) is 4.99 Å². The summed E-state index contributed by atoms with van der Waals surface area (Å²) in [5.74, 6) is 1.72. The standard InChI is InChI=1S/C15H31N3/c1-11(2)12-13(17-9-8-16-12)18-15(6,7)10-14(3,4)5/h11-12,16H,8-10H2,1-7H3,(H,17,18). The largest absolute Gasteiger partial charge is 0.368 e. The third-order valence-corrected chi connectivity index (χ3v) is 3.16. The highest BCUT2D eigenvalue weighted by atomic mass is 15.1. The summed E-state index contributed by atoms with van der Waals surface area (Å²) in [5, 5.41) is 7.23. The number of hydrogen-bond acceptors (Lipinski definition) is 3. The molecule has 0 radical (unpaired) electrons. The fourth-order valence-corrected chi connectivity index (χ4v) is 2.98. The Morgan fingerprint density at radius 2 is 1.89 bits per heavy atom. The van der Waals surface area contributed by atoms with Crippen LogP contribution in [0.2, 0.25) is 0 Å². The SMILES string of the molecule is CC(C)C1NCCN=C1NC(C)(C)CC(C)(C)C. The van der Waals surface area contributed by atoms with Gasteiger partial charge in [0.25, 0.3) is 0 Å². The molecule has 0 aromatic heterocycles. The van der Waals surface area contributed by atoms with E-state index >= 15 is 0 Å². The number of amidine groups is 1. The van der Waals surface area contributed by atoms with Crippen molar-refractivity contribution < 1.29 is 0 Å². The second kappa shape index (κ2) is 5.60. The van der Waals surface area contributed by atoms with Crippen LogP contribution < -0.4 is 10.6 Å². The summed E-state index contributed by atoms with van der Waals surface area (Å²) in [6, 6.07) is 0.373. The number of hydrogen-bond donors (Lipinski definition) is 2. The summed E-state index contributed by atoms with van der Waals surface area (Å²) in [4.78, 5) is 4.69. The molecule has 0 amide bonds. The van der Waals surface area contributed by atoms with E-state index < -0.39 is 0 Å². The van der Waals surface area contributed by atoms with Gasteiger partial charge >= 0.3 is 0 Å². The number of rotatable bonds is 3. The summed E-state index contributed by atoms with van der Waals surface area (Å²) in [5.41, 5.74) is 0.412. The molecule has 3 nitrogen and oxygen atoms in total. The Hall–Kier alpha value is -0.570. The van der Waals surface area contributed by atoms with Gasteiger partial charge in [0, 0.05) is 12.1 Å². The topological polar surface area (TPSA) is 36.4 Å². The lowest BCUT2D eigenvalue weighted by Crippen LogP contribution is -2.57. The lowest BCUT2D eigenvalue weighted by molar-refractivity contribution is 0.262. The van der Waals surface area contributed by atoms with Gasteiger partial charge in [-0.1, -0.05) is 34.6 Å². The quantitative estimate of drug-likeness (QED) is 0.811. The van der Waals surface area contributed by atoms with Crippen LogP contribution in [-0.4, -0.2) is 30.5 Å². The summed E-state index contributed by atoms with van der Waals surface area (Å²) >= 11 is 0. The van der Waals surface area contributed by atoms with Crippen LogP contribution in [-0.2, 0) is 0 Å². The van der Waals surface area contributed by atoms with Gasteiger partial charge in [-0.3, -0.25) is 4.99 Å². The van der Waals surface area contributed by atoms with Crippen molar-refractivity contribution in [3.63, 3.8) is 0 Å². The average Bonchev–Trinajstić information content (AvgIpc) is 2.13. The molecule has 0 fully saturated rings. The van der Waals surface area contributed by atoms with Crippen molar-refractivity contribution in [2.24, 2.45) is 16.3 Å². The van der Waals surface area contributed by atoms with E-state index in [0.717, 1.165) is 25.3 Å². The Balaban J connectivity index is 2.72. The van der Waals surface area contributed by atoms with Gasteiger partial charge in [0.2, 0.25) is 0 Å². The van der Waals surface area contributed by atoms with Crippen molar-refractivity contribution in [3.05, 3.63) is 0 Å². The molecule has 1 atom stereocenters. The van der Waals surface area contributed by atoms with Crippen LogP contribution in [0.25, 0.3) is 0 Å². The summed E-state index contributed by atoms with van der Waals surface area (Å²) < 4.78 is 0. The third-order valence-electron chi connectivity index (χ3n) is 3.16. The van der Waals surface area contributed by atoms with Crippen molar-refractivity contribution >= 4 is 5.84 Å². The smallest absolute Gasteiger partial charge is 0.114 e. The molecule has 1 heterocycles. The first-order chi connectivity index (χ1) is 8.11. The van der Waals surface area contributed by atoms with Crippen molar-refractivity contribution in [2.75, 3.05) is 13.1 Å². The number of aliphatic imine (C=N–C) groups is 1. The molecule has 3 heteroatoms. The van der Waals surface area contributed by atoms with Gasteiger partial charge in [0.15, 0.2) is 0 Å². The van der Waals surface area contributed by atoms with Crippen LogP contribution in [0.3, 0.4) is 0 Å². The van der Waals surface area contributed by atoms with E-state index in [2.05, 4.69) is 59.1 Å². The maximum absolute atomic E-state index is 4.69. The van der Waals surface area contributed by atoms with Crippen molar-refractivity contribution in [3.8, 4) is 0 Å². The van der Waals surface area contributed by atoms with E-state index in [1.165, 1.54) is 0 Å². The van der Waals surface area contributed by atoms with Gasteiger partial charge in [0.1, 0.15) is 5.84 Å². The van der Waals surface area contributed by atoms with Gasteiger partial charge in [-0.25, -0.2) is 0 Å². The van der Waals surface area contributed by atoms with Crippen LogP contribution in [0.4, 0.5) is 0 Å². The minimum Gasteiger partial charge on any atom is -0.368 e. The monoisotopic (exact) mass is 253 g/mol. The maximum atomic E-state index is 4.69. The summed E-state index contributed by atoms with van der Waals surface area (Å²) in [6.45, 7) is 17.8. The summed E-state index contributed by atoms with van der Waals surface area (Å²) in [6.07, 6.45) is 1.13. The number of nitrogens with zero attached hydrogens (tertiary/aromatic N) is 1. The van der Waals surface area contributed by atoms with E-state index in [1.807, 2.05) is 0 Å². The molecule has 1 unspecified atom stereocenters. The predicted molar refractivity (Wildman–Crippen MR) is 80.2 cm³/mol. The lowest BCUT2D eigenvalue weighted by Gasteiger charge is -2.38. The van der Waals surface area contributed by atoms with Crippen LogP contribution >= 0.6 is 0 Å². The van der Waals surface area contributed by atoms with Crippen molar-refractivity contribution in [1.29, 1.82) is 0 Å². The lowest BCUT2D eigenvalue weighted by atomic mass is 9.81. The Bertz CT molecular complexity index is 297. The molecule has 0 spiro atoms. The molecular weight excluding hydrogens is 222 g/mol. The Kier molecular flexibility index (Phi) is 4.82. The molecule has 106 valence electrons. The Morgan fingerprint density at radius 1 is 1.28 bits per heavy atom. The molecular formula is C15H31N3. The molecule has 18 heavy (non-hydrogen) atoms. The van der Waals surface area contributed by atoms with E-state index in [9.17, 15) is 0 Å². The van der Waals surface area contributed by atoms with Gasteiger partial charge in [-0.15, -0.1) is 0 Å². The fraction of sp³-hybridized carbons (Fsp3) is 0.933. The van der Waals surface area contributed by atoms with E-state index in [-0.39, 0.29) is 5.54 Å². The molecule has 1 aliphatic rings. The molecule has 0 aromatic rings. The zero-order valence-corrected chi connectivity index (χ0v) is 13.2. The van der Waals surface area contributed by atoms with Crippen LogP contribution in [0, 0.1) is 11.3 Å². The second-order valence-corrected chi connectivity index (χ2v) is 7.69. The normalized spacial score (nSPS) is 22.0. The second-order valence-electron chi connectivity index (χ2n) is 7.69. The van der Waals surface area contributed by atoms with Gasteiger partial charge in [0.05, 0.1) is 12.6 Å². The van der Waals surface area contributed by atoms with E-state index in [0.29, 0.717) is 17.4 Å². The zero-order chi connectivity index (χ0) is 14.0.